The number of rotatable bonds is 16. The van der Waals surface area contributed by atoms with Crippen molar-refractivity contribution in [1.29, 1.82) is 0 Å². The van der Waals surface area contributed by atoms with Crippen molar-refractivity contribution >= 4 is 55.2 Å². The SMILES string of the molecule is NCCCC[C@H](NC(=O)[C@@H](N)CS)C(=O)N[C@@H](CS)C(=O)N[C@@H](Cc1ccc(O)cc1)C(=O)N1CCC[C@H]1[C]=O. The molecule has 1 fully saturated rings. The Hall–Kier alpha value is -2.81. The van der Waals surface area contributed by atoms with Gasteiger partial charge in [0.05, 0.1) is 12.1 Å². The monoisotopic (exact) mass is 595 g/mol. The number of amides is 4. The van der Waals surface area contributed by atoms with Crippen molar-refractivity contribution in [1.82, 2.24) is 20.9 Å². The van der Waals surface area contributed by atoms with Crippen molar-refractivity contribution in [3.05, 3.63) is 29.8 Å². The molecule has 0 unspecified atom stereocenters. The first-order valence-electron chi connectivity index (χ1n) is 13.2. The quantitative estimate of drug-likeness (QED) is 0.0862. The first-order valence-corrected chi connectivity index (χ1v) is 14.5. The Morgan fingerprint density at radius 2 is 1.60 bits per heavy atom. The predicted molar refractivity (Wildman–Crippen MR) is 157 cm³/mol. The molecule has 1 radical (unpaired) electrons. The molecule has 221 valence electrons. The van der Waals surface area contributed by atoms with Gasteiger partial charge in [0.25, 0.3) is 0 Å². The van der Waals surface area contributed by atoms with E-state index in [0.717, 1.165) is 0 Å². The van der Waals surface area contributed by atoms with Gasteiger partial charge in [-0.15, -0.1) is 0 Å². The van der Waals surface area contributed by atoms with Crippen molar-refractivity contribution in [3.63, 3.8) is 0 Å². The molecule has 0 saturated carbocycles. The topological polar surface area (TPSA) is 197 Å². The molecule has 4 amide bonds. The zero-order valence-corrected chi connectivity index (χ0v) is 24.0. The number of phenols is 1. The zero-order chi connectivity index (χ0) is 29.7. The van der Waals surface area contributed by atoms with Crippen LogP contribution in [0.1, 0.15) is 37.7 Å². The highest BCUT2D eigenvalue weighted by Gasteiger charge is 2.36. The fraction of sp³-hybridized carbons (Fsp3) is 0.577. The minimum atomic E-state index is -1.13. The third-order valence-electron chi connectivity index (χ3n) is 6.59. The number of carbonyl (C=O) groups is 4. The number of nitrogens with zero attached hydrogens (tertiary/aromatic N) is 1. The van der Waals surface area contributed by atoms with Gasteiger partial charge in [0.15, 0.2) is 0 Å². The maximum atomic E-state index is 13.4. The molecule has 1 aliphatic rings. The Morgan fingerprint density at radius 3 is 2.20 bits per heavy atom. The van der Waals surface area contributed by atoms with Crippen molar-refractivity contribution in [3.8, 4) is 5.75 Å². The highest BCUT2D eigenvalue weighted by molar-refractivity contribution is 7.80. The molecule has 1 saturated heterocycles. The van der Waals surface area contributed by atoms with Crippen LogP contribution in [0.2, 0.25) is 0 Å². The van der Waals surface area contributed by atoms with Crippen LogP contribution in [0.5, 0.6) is 5.75 Å². The largest absolute Gasteiger partial charge is 0.508 e. The van der Waals surface area contributed by atoms with Crippen LogP contribution in [-0.2, 0) is 30.4 Å². The smallest absolute Gasteiger partial charge is 0.246 e. The van der Waals surface area contributed by atoms with Crippen LogP contribution in [0.4, 0.5) is 0 Å². The maximum absolute atomic E-state index is 13.4. The van der Waals surface area contributed by atoms with Crippen LogP contribution in [0.15, 0.2) is 24.3 Å². The molecule has 12 nitrogen and oxygen atoms in total. The number of unbranched alkanes of at least 4 members (excludes halogenated alkanes) is 1. The first-order chi connectivity index (χ1) is 19.1. The number of thiol groups is 2. The normalized spacial score (nSPS) is 17.8. The number of likely N-dealkylation sites (tertiary alicyclic amines) is 1. The third kappa shape index (κ3) is 9.98. The molecule has 2 rings (SSSR count). The van der Waals surface area contributed by atoms with Gasteiger partial charge in [-0.1, -0.05) is 12.1 Å². The van der Waals surface area contributed by atoms with Gasteiger partial charge in [-0.3, -0.25) is 24.0 Å². The molecule has 5 atom stereocenters. The highest BCUT2D eigenvalue weighted by atomic mass is 32.1. The summed E-state index contributed by atoms with van der Waals surface area (Å²) in [5.41, 5.74) is 11.9. The average Bonchev–Trinajstić information content (AvgIpc) is 3.44. The number of benzene rings is 1. The lowest BCUT2D eigenvalue weighted by atomic mass is 10.0. The number of nitrogens with two attached hydrogens (primary N) is 2. The second-order valence-electron chi connectivity index (χ2n) is 9.62. The lowest BCUT2D eigenvalue weighted by molar-refractivity contribution is -0.137. The molecule has 1 heterocycles. The van der Waals surface area contributed by atoms with Gasteiger partial charge in [0.2, 0.25) is 29.9 Å². The Labute approximate surface area is 245 Å². The van der Waals surface area contributed by atoms with Crippen molar-refractivity contribution in [2.75, 3.05) is 24.6 Å². The van der Waals surface area contributed by atoms with Crippen molar-refractivity contribution in [2.24, 2.45) is 11.5 Å². The molecular weight excluding hydrogens is 556 g/mol. The lowest BCUT2D eigenvalue weighted by Gasteiger charge is -2.28. The van der Waals surface area contributed by atoms with Crippen LogP contribution in [0, 0.1) is 0 Å². The summed E-state index contributed by atoms with van der Waals surface area (Å²) < 4.78 is 0. The first kappa shape index (κ1) is 33.4. The molecule has 0 bridgehead atoms. The zero-order valence-electron chi connectivity index (χ0n) is 22.3. The summed E-state index contributed by atoms with van der Waals surface area (Å²) in [5.74, 6) is -2.24. The molecule has 1 aromatic rings. The van der Waals surface area contributed by atoms with Crippen LogP contribution in [0.25, 0.3) is 0 Å². The Morgan fingerprint density at radius 1 is 0.975 bits per heavy atom. The van der Waals surface area contributed by atoms with Crippen LogP contribution in [-0.4, -0.2) is 94.7 Å². The molecule has 40 heavy (non-hydrogen) atoms. The highest BCUT2D eigenvalue weighted by Crippen LogP contribution is 2.19. The molecule has 1 aromatic carbocycles. The molecule has 0 spiro atoms. The van der Waals surface area contributed by atoms with E-state index in [4.69, 9.17) is 11.5 Å². The molecular formula is C26H39N6O6S2. The van der Waals surface area contributed by atoms with Crippen molar-refractivity contribution < 1.29 is 29.1 Å². The fourth-order valence-electron chi connectivity index (χ4n) is 4.28. The summed E-state index contributed by atoms with van der Waals surface area (Å²) in [6.45, 7) is 0.766. The fourth-order valence-corrected chi connectivity index (χ4v) is 4.71. The summed E-state index contributed by atoms with van der Waals surface area (Å²) in [5, 5.41) is 17.5. The van der Waals surface area contributed by atoms with Gasteiger partial charge in [-0.25, -0.2) is 0 Å². The second kappa shape index (κ2) is 17.1. The number of phenolic OH excluding ortho intramolecular Hbond substituents is 1. The van der Waals surface area contributed by atoms with Gasteiger partial charge in [0, 0.05) is 24.5 Å². The Balaban J connectivity index is 2.19. The number of hydrogen-bond donors (Lipinski definition) is 8. The summed E-state index contributed by atoms with van der Waals surface area (Å²) in [4.78, 5) is 65.0. The Bertz CT molecular complexity index is 1010. The van der Waals surface area contributed by atoms with Crippen molar-refractivity contribution in [2.45, 2.75) is 68.7 Å². The second-order valence-corrected chi connectivity index (χ2v) is 10.3. The van der Waals surface area contributed by atoms with Crippen LogP contribution in [0.3, 0.4) is 0 Å². The van der Waals surface area contributed by atoms with Crippen LogP contribution >= 0.6 is 25.3 Å². The molecule has 8 N–H and O–H groups in total. The Kier molecular flexibility index (Phi) is 14.3. The summed E-state index contributed by atoms with van der Waals surface area (Å²) in [7, 11) is 0. The van der Waals surface area contributed by atoms with E-state index >= 15 is 0 Å². The van der Waals surface area contributed by atoms with Gasteiger partial charge in [-0.2, -0.15) is 25.3 Å². The van der Waals surface area contributed by atoms with E-state index in [-0.39, 0.29) is 30.1 Å². The van der Waals surface area contributed by atoms with Gasteiger partial charge < -0.3 is 37.4 Å². The minimum absolute atomic E-state index is 0.0482. The van der Waals surface area contributed by atoms with Crippen LogP contribution < -0.4 is 27.4 Å². The van der Waals surface area contributed by atoms with E-state index in [9.17, 15) is 29.1 Å². The molecule has 0 aliphatic carbocycles. The number of hydrogen-bond acceptors (Lipinski definition) is 10. The molecule has 0 aromatic heterocycles. The van der Waals surface area contributed by atoms with E-state index in [1.54, 1.807) is 12.1 Å². The van der Waals surface area contributed by atoms with E-state index in [2.05, 4.69) is 41.2 Å². The number of nitrogens with one attached hydrogen (secondary N) is 3. The third-order valence-corrected chi connectivity index (χ3v) is 7.35. The lowest BCUT2D eigenvalue weighted by Crippen LogP contribution is -2.59. The predicted octanol–water partition coefficient (Wildman–Crippen LogP) is -1.19. The molecule has 1 aliphatic heterocycles. The standard InChI is InChI=1S/C26H39N6O6S2/c27-10-2-1-5-20(29-23(35)19(28)14-39)24(36)31-22(15-40)25(37)30-21(12-16-6-8-18(34)9-7-16)26(38)32-11-3-4-17(32)13-33/h6-9,17,19-22,34,39-40H,1-5,10-12,14-15,27-28H2,(H,29,35)(H,30,37)(H,31,36)/t17-,19-,20-,21-,22-/m0/s1. The van der Waals surface area contributed by atoms with Gasteiger partial charge in [0.1, 0.15) is 23.9 Å². The summed E-state index contributed by atoms with van der Waals surface area (Å²) in [6, 6.07) is 1.40. The van der Waals surface area contributed by atoms with E-state index < -0.39 is 53.8 Å². The van der Waals surface area contributed by atoms with E-state index in [1.165, 1.54) is 17.0 Å². The number of carbonyl (C=O) groups excluding carboxylic acids is 5. The van der Waals surface area contributed by atoms with Gasteiger partial charge >= 0.3 is 0 Å². The van der Waals surface area contributed by atoms with E-state index in [1.807, 2.05) is 6.29 Å². The van der Waals surface area contributed by atoms with E-state index in [0.29, 0.717) is 44.3 Å². The number of aromatic hydroxyl groups is 1. The summed E-state index contributed by atoms with van der Waals surface area (Å²) in [6.07, 6.45) is 4.54. The van der Waals surface area contributed by atoms with Gasteiger partial charge in [-0.05, 0) is 56.3 Å². The maximum Gasteiger partial charge on any atom is 0.246 e. The minimum Gasteiger partial charge on any atom is -0.508 e. The average molecular weight is 596 g/mol. The molecule has 14 heteroatoms. The summed E-state index contributed by atoms with van der Waals surface area (Å²) >= 11 is 8.23.